The fourth-order valence-corrected chi connectivity index (χ4v) is 1.03. The molecule has 1 aromatic heterocycles. The molecule has 0 amide bonds. The summed E-state index contributed by atoms with van der Waals surface area (Å²) in [5.41, 5.74) is 0. The monoisotopic (exact) mass is 292 g/mol. The number of hydrogen-bond acceptors (Lipinski definition) is 2. The number of furan rings is 1. The summed E-state index contributed by atoms with van der Waals surface area (Å²) in [5, 5.41) is 0. The van der Waals surface area contributed by atoms with Gasteiger partial charge in [-0.3, -0.25) is 4.79 Å². The lowest BCUT2D eigenvalue weighted by molar-refractivity contribution is -0.256. The Hall–Kier alpha value is -0.920. The van der Waals surface area contributed by atoms with Crippen molar-refractivity contribution in [2.45, 2.75) is 12.1 Å². The molecule has 0 bridgehead atoms. The lowest BCUT2D eigenvalue weighted by Gasteiger charge is -2.16. The van der Waals surface area contributed by atoms with Gasteiger partial charge in [0.2, 0.25) is 0 Å². The van der Waals surface area contributed by atoms with Crippen LogP contribution in [0.4, 0.5) is 22.0 Å². The Balaban J connectivity index is 3.05. The fraction of sp³-hybridized carbons (Fsp3) is 0.286. The van der Waals surface area contributed by atoms with Gasteiger partial charge < -0.3 is 4.42 Å². The van der Waals surface area contributed by atoms with E-state index >= 15 is 0 Å². The summed E-state index contributed by atoms with van der Waals surface area (Å²) in [6.07, 6.45) is -5.93. The van der Waals surface area contributed by atoms with Crippen LogP contribution in [-0.2, 0) is 0 Å². The Morgan fingerprint density at radius 3 is 2.07 bits per heavy atom. The maximum absolute atomic E-state index is 12.5. The van der Waals surface area contributed by atoms with Gasteiger partial charge in [-0.1, -0.05) is 0 Å². The van der Waals surface area contributed by atoms with E-state index in [1.807, 2.05) is 0 Å². The minimum atomic E-state index is -5.93. The third-order valence-electron chi connectivity index (χ3n) is 1.44. The second-order valence-corrected chi connectivity index (χ2v) is 3.29. The average Bonchev–Trinajstić information content (AvgIpc) is 2.48. The zero-order chi connectivity index (χ0) is 11.9. The van der Waals surface area contributed by atoms with Crippen LogP contribution in [-0.4, -0.2) is 17.9 Å². The van der Waals surface area contributed by atoms with E-state index in [1.165, 1.54) is 0 Å². The van der Waals surface area contributed by atoms with E-state index in [0.717, 1.165) is 12.1 Å². The van der Waals surface area contributed by atoms with Crippen molar-refractivity contribution in [3.8, 4) is 0 Å². The highest BCUT2D eigenvalue weighted by atomic mass is 79.9. The second kappa shape index (κ2) is 3.58. The van der Waals surface area contributed by atoms with Crippen molar-refractivity contribution < 1.29 is 31.2 Å². The molecule has 0 aliphatic heterocycles. The van der Waals surface area contributed by atoms with Gasteiger partial charge in [-0.05, 0) is 28.1 Å². The highest BCUT2D eigenvalue weighted by Gasteiger charge is 2.64. The summed E-state index contributed by atoms with van der Waals surface area (Å²) in [6.45, 7) is 0. The Morgan fingerprint density at radius 2 is 1.73 bits per heavy atom. The maximum Gasteiger partial charge on any atom is 0.461 e. The quantitative estimate of drug-likeness (QED) is 0.617. The molecule has 0 radical (unpaired) electrons. The summed E-state index contributed by atoms with van der Waals surface area (Å²) in [5.74, 6) is -8.91. The predicted octanol–water partition coefficient (Wildman–Crippen LogP) is 3.42. The first-order valence-electron chi connectivity index (χ1n) is 3.41. The molecule has 0 fully saturated rings. The number of carbonyl (C=O) groups excluding carboxylic acids is 1. The molecule has 0 saturated carbocycles. The van der Waals surface area contributed by atoms with Gasteiger partial charge in [0, 0.05) is 0 Å². The van der Waals surface area contributed by atoms with Crippen LogP contribution in [0.2, 0.25) is 0 Å². The van der Waals surface area contributed by atoms with Crippen LogP contribution in [0.25, 0.3) is 0 Å². The molecular formula is C7H2BrF5O2. The van der Waals surface area contributed by atoms with Gasteiger partial charge in [-0.2, -0.15) is 22.0 Å². The van der Waals surface area contributed by atoms with Crippen LogP contribution in [0.5, 0.6) is 0 Å². The van der Waals surface area contributed by atoms with Crippen molar-refractivity contribution in [1.29, 1.82) is 0 Å². The summed E-state index contributed by atoms with van der Waals surface area (Å²) in [6, 6.07) is 1.77. The number of carbonyl (C=O) groups is 1. The molecule has 0 spiro atoms. The first-order chi connectivity index (χ1) is 6.66. The molecule has 0 aliphatic carbocycles. The van der Waals surface area contributed by atoms with Gasteiger partial charge in [-0.25, -0.2) is 0 Å². The Bertz CT molecular complexity index is 381. The molecule has 2 nitrogen and oxygen atoms in total. The van der Waals surface area contributed by atoms with Crippen LogP contribution in [0.1, 0.15) is 10.6 Å². The Labute approximate surface area is 88.2 Å². The molecular weight excluding hydrogens is 291 g/mol. The molecule has 0 N–H and O–H groups in total. The van der Waals surface area contributed by atoms with E-state index < -0.39 is 23.6 Å². The molecule has 15 heavy (non-hydrogen) atoms. The van der Waals surface area contributed by atoms with Crippen LogP contribution in [0, 0.1) is 0 Å². The van der Waals surface area contributed by atoms with Gasteiger partial charge in [-0.15, -0.1) is 0 Å². The van der Waals surface area contributed by atoms with E-state index in [-0.39, 0.29) is 4.67 Å². The van der Waals surface area contributed by atoms with E-state index in [9.17, 15) is 26.7 Å². The van der Waals surface area contributed by atoms with E-state index in [0.29, 0.717) is 0 Å². The summed E-state index contributed by atoms with van der Waals surface area (Å²) < 4.78 is 64.4. The summed E-state index contributed by atoms with van der Waals surface area (Å²) in [7, 11) is 0. The molecule has 84 valence electrons. The molecule has 0 unspecified atom stereocenters. The number of Topliss-reactive ketones (excluding diaryl/α,β-unsaturated/α-hetero) is 1. The standard InChI is InChI=1S/C7H2BrF5O2/c8-4-2-1-3(15-4)5(14)6(9,10)7(11,12)13/h1-2H. The maximum atomic E-state index is 12.5. The van der Waals surface area contributed by atoms with Crippen molar-refractivity contribution in [2.24, 2.45) is 0 Å². The topological polar surface area (TPSA) is 30.2 Å². The zero-order valence-electron chi connectivity index (χ0n) is 6.74. The van der Waals surface area contributed by atoms with Gasteiger partial charge >= 0.3 is 12.1 Å². The van der Waals surface area contributed by atoms with Crippen LogP contribution in [0.3, 0.4) is 0 Å². The number of rotatable bonds is 2. The molecule has 0 aliphatic rings. The van der Waals surface area contributed by atoms with Gasteiger partial charge in [0.15, 0.2) is 10.4 Å². The minimum Gasteiger partial charge on any atom is -0.446 e. The Morgan fingerprint density at radius 1 is 1.20 bits per heavy atom. The molecule has 8 heteroatoms. The van der Waals surface area contributed by atoms with E-state index in [1.54, 1.807) is 0 Å². The molecule has 1 rings (SSSR count). The van der Waals surface area contributed by atoms with Crippen LogP contribution < -0.4 is 0 Å². The lowest BCUT2D eigenvalue weighted by atomic mass is 10.1. The van der Waals surface area contributed by atoms with Crippen molar-refractivity contribution >= 4 is 21.7 Å². The average molecular weight is 293 g/mol. The van der Waals surface area contributed by atoms with Crippen LogP contribution in [0.15, 0.2) is 21.2 Å². The second-order valence-electron chi connectivity index (χ2n) is 2.51. The number of ketones is 1. The normalized spacial score (nSPS) is 12.9. The van der Waals surface area contributed by atoms with Crippen molar-refractivity contribution in [1.82, 2.24) is 0 Å². The number of halogens is 6. The van der Waals surface area contributed by atoms with E-state index in [2.05, 4.69) is 20.3 Å². The summed E-state index contributed by atoms with van der Waals surface area (Å²) >= 11 is 2.67. The smallest absolute Gasteiger partial charge is 0.446 e. The first-order valence-corrected chi connectivity index (χ1v) is 4.20. The minimum absolute atomic E-state index is 0.108. The zero-order valence-corrected chi connectivity index (χ0v) is 8.32. The molecule has 0 saturated heterocycles. The summed E-state index contributed by atoms with van der Waals surface area (Å²) in [4.78, 5) is 10.7. The molecule has 0 atom stereocenters. The van der Waals surface area contributed by atoms with Crippen molar-refractivity contribution in [3.05, 3.63) is 22.6 Å². The third kappa shape index (κ3) is 2.19. The van der Waals surface area contributed by atoms with E-state index in [4.69, 9.17) is 0 Å². The van der Waals surface area contributed by atoms with Crippen molar-refractivity contribution in [2.75, 3.05) is 0 Å². The van der Waals surface area contributed by atoms with Crippen molar-refractivity contribution in [3.63, 3.8) is 0 Å². The largest absolute Gasteiger partial charge is 0.461 e. The SMILES string of the molecule is O=C(c1ccc(Br)o1)C(F)(F)C(F)(F)F. The molecule has 1 aromatic rings. The highest BCUT2D eigenvalue weighted by Crippen LogP contribution is 2.38. The molecule has 0 aromatic carbocycles. The molecule has 1 heterocycles. The third-order valence-corrected chi connectivity index (χ3v) is 1.86. The number of alkyl halides is 5. The fourth-order valence-electron chi connectivity index (χ4n) is 0.720. The first kappa shape index (κ1) is 12.2. The van der Waals surface area contributed by atoms with Gasteiger partial charge in [0.05, 0.1) is 0 Å². The van der Waals surface area contributed by atoms with Crippen LogP contribution >= 0.6 is 15.9 Å². The lowest BCUT2D eigenvalue weighted by Crippen LogP contribution is -2.43. The Kier molecular flexibility index (Phi) is 2.90. The van der Waals surface area contributed by atoms with Gasteiger partial charge in [0.25, 0.3) is 5.78 Å². The van der Waals surface area contributed by atoms with Gasteiger partial charge in [0.1, 0.15) is 0 Å². The predicted molar refractivity (Wildman–Crippen MR) is 41.7 cm³/mol. The number of hydrogen-bond donors (Lipinski definition) is 0. The highest BCUT2D eigenvalue weighted by molar-refractivity contribution is 9.10.